The Balaban J connectivity index is 1.98. The maximum Gasteiger partial charge on any atom is 0.315 e. The molecule has 0 unspecified atom stereocenters. The Morgan fingerprint density at radius 1 is 1.36 bits per heavy atom. The van der Waals surface area contributed by atoms with Crippen molar-refractivity contribution in [3.8, 4) is 11.5 Å². The number of esters is 1. The molecule has 1 aliphatic carbocycles. The summed E-state index contributed by atoms with van der Waals surface area (Å²) in [6.45, 7) is 12.6. The van der Waals surface area contributed by atoms with E-state index < -0.39 is 5.41 Å². The molecule has 1 aliphatic heterocycles. The van der Waals surface area contributed by atoms with Gasteiger partial charge in [0.25, 0.3) is 0 Å². The summed E-state index contributed by atoms with van der Waals surface area (Å²) < 4.78 is 11.8. The van der Waals surface area contributed by atoms with Gasteiger partial charge in [0.15, 0.2) is 0 Å². The van der Waals surface area contributed by atoms with Crippen LogP contribution < -0.4 is 4.74 Å². The number of ether oxygens (including phenoxy) is 2. The maximum absolute atomic E-state index is 12.7. The van der Waals surface area contributed by atoms with Crippen LogP contribution in [0.2, 0.25) is 0 Å². The number of unbranched alkanes of at least 4 members (excludes halogenated alkanes) is 1. The average Bonchev–Trinajstić information content (AvgIpc) is 2.60. The van der Waals surface area contributed by atoms with E-state index >= 15 is 0 Å². The van der Waals surface area contributed by atoms with E-state index in [1.165, 1.54) is 5.57 Å². The lowest BCUT2D eigenvalue weighted by Crippen LogP contribution is -2.45. The van der Waals surface area contributed by atoms with Gasteiger partial charge in [0.05, 0.1) is 12.0 Å². The van der Waals surface area contributed by atoms with Crippen molar-refractivity contribution >= 4 is 5.97 Å². The molecule has 0 fully saturated rings. The molecule has 0 saturated carbocycles. The lowest BCUT2D eigenvalue weighted by Gasteiger charge is -2.47. The summed E-state index contributed by atoms with van der Waals surface area (Å²) in [5.41, 5.74) is 1.78. The van der Waals surface area contributed by atoms with Gasteiger partial charge in [0.2, 0.25) is 0 Å². The van der Waals surface area contributed by atoms with Gasteiger partial charge in [-0.3, -0.25) is 4.79 Å². The molecule has 2 atom stereocenters. The summed E-state index contributed by atoms with van der Waals surface area (Å²) >= 11 is 0. The van der Waals surface area contributed by atoms with Gasteiger partial charge >= 0.3 is 5.97 Å². The lowest BCUT2D eigenvalue weighted by atomic mass is 9.67. The van der Waals surface area contributed by atoms with E-state index in [0.29, 0.717) is 18.3 Å². The Morgan fingerprint density at radius 3 is 2.75 bits per heavy atom. The first-order chi connectivity index (χ1) is 13.1. The molecule has 0 amide bonds. The zero-order valence-corrected chi connectivity index (χ0v) is 18.1. The minimum absolute atomic E-state index is 0.224. The molecule has 1 aromatic carbocycles. The van der Waals surface area contributed by atoms with Gasteiger partial charge in [-0.15, -0.1) is 0 Å². The van der Waals surface area contributed by atoms with E-state index in [-0.39, 0.29) is 23.2 Å². The van der Waals surface area contributed by atoms with E-state index in [9.17, 15) is 9.90 Å². The Bertz CT molecular complexity index is 788. The third kappa shape index (κ3) is 3.66. The third-order valence-electron chi connectivity index (χ3n) is 6.47. The van der Waals surface area contributed by atoms with Crippen LogP contribution >= 0.6 is 0 Å². The molecule has 0 aromatic heterocycles. The van der Waals surface area contributed by atoms with Crippen molar-refractivity contribution in [3.63, 3.8) is 0 Å². The minimum Gasteiger partial charge on any atom is -0.508 e. The zero-order chi connectivity index (χ0) is 20.7. The van der Waals surface area contributed by atoms with Crippen molar-refractivity contribution in [2.45, 2.75) is 84.2 Å². The monoisotopic (exact) mass is 386 g/mol. The molecule has 1 aromatic rings. The number of hydrogen-bond acceptors (Lipinski definition) is 4. The molecule has 1 heterocycles. The first-order valence-electron chi connectivity index (χ1n) is 10.5. The molecule has 154 valence electrons. The second-order valence-electron chi connectivity index (χ2n) is 9.43. The standard InChI is InChI=1S/C24H34O4/c1-7-8-11-27-22(26)23(3,4)16-13-19(25)21-17-12-15(2)9-10-18(17)24(5,6)28-20(21)14-16/h9,13-14,17-18,25H,7-8,10-12H2,1-6H3/t17-,18+/m1/s1. The summed E-state index contributed by atoms with van der Waals surface area (Å²) in [6, 6.07) is 3.66. The van der Waals surface area contributed by atoms with E-state index in [1.807, 2.05) is 19.9 Å². The molecular formula is C24H34O4. The molecule has 4 nitrogen and oxygen atoms in total. The van der Waals surface area contributed by atoms with Crippen LogP contribution in [-0.4, -0.2) is 23.3 Å². The fourth-order valence-electron chi connectivity index (χ4n) is 4.53. The normalized spacial score (nSPS) is 23.1. The fourth-order valence-corrected chi connectivity index (χ4v) is 4.53. The summed E-state index contributed by atoms with van der Waals surface area (Å²) in [4.78, 5) is 12.7. The second-order valence-corrected chi connectivity index (χ2v) is 9.43. The Morgan fingerprint density at radius 2 is 2.07 bits per heavy atom. The van der Waals surface area contributed by atoms with Crippen LogP contribution in [0.25, 0.3) is 0 Å². The summed E-state index contributed by atoms with van der Waals surface area (Å²) in [5.74, 6) is 1.21. The van der Waals surface area contributed by atoms with E-state index in [4.69, 9.17) is 9.47 Å². The minimum atomic E-state index is -0.854. The number of aromatic hydroxyl groups is 1. The number of rotatable bonds is 5. The lowest BCUT2D eigenvalue weighted by molar-refractivity contribution is -0.149. The molecule has 3 rings (SSSR count). The Hall–Kier alpha value is -1.97. The van der Waals surface area contributed by atoms with Crippen LogP contribution in [0.4, 0.5) is 0 Å². The summed E-state index contributed by atoms with van der Waals surface area (Å²) in [6.07, 6.45) is 6.01. The highest BCUT2D eigenvalue weighted by atomic mass is 16.5. The van der Waals surface area contributed by atoms with Crippen LogP contribution in [0, 0.1) is 5.92 Å². The van der Waals surface area contributed by atoms with Crippen LogP contribution in [0.5, 0.6) is 11.5 Å². The zero-order valence-electron chi connectivity index (χ0n) is 18.1. The van der Waals surface area contributed by atoms with Crippen molar-refractivity contribution < 1.29 is 19.4 Å². The highest BCUT2D eigenvalue weighted by Gasteiger charge is 2.46. The maximum atomic E-state index is 12.7. The SMILES string of the molecule is CCCCOC(=O)C(C)(C)c1cc(O)c2c(c1)OC(C)(C)[C@H]1CC=C(C)C[C@@H]21. The first-order valence-corrected chi connectivity index (χ1v) is 10.5. The summed E-state index contributed by atoms with van der Waals surface area (Å²) in [7, 11) is 0. The van der Waals surface area contributed by atoms with E-state index in [0.717, 1.165) is 36.8 Å². The topological polar surface area (TPSA) is 55.8 Å². The number of phenols is 1. The van der Waals surface area contributed by atoms with Gasteiger partial charge in [-0.2, -0.15) is 0 Å². The van der Waals surface area contributed by atoms with Gasteiger partial charge in [-0.1, -0.05) is 25.0 Å². The van der Waals surface area contributed by atoms with E-state index in [1.54, 1.807) is 6.07 Å². The van der Waals surface area contributed by atoms with Crippen molar-refractivity contribution in [3.05, 3.63) is 34.9 Å². The quantitative estimate of drug-likeness (QED) is 0.405. The molecule has 0 spiro atoms. The largest absolute Gasteiger partial charge is 0.508 e. The number of carbonyl (C=O) groups is 1. The van der Waals surface area contributed by atoms with Crippen molar-refractivity contribution in [1.29, 1.82) is 0 Å². The van der Waals surface area contributed by atoms with Crippen LogP contribution in [-0.2, 0) is 14.9 Å². The van der Waals surface area contributed by atoms with E-state index in [2.05, 4.69) is 33.8 Å². The molecule has 0 bridgehead atoms. The number of allylic oxidation sites excluding steroid dienone is 2. The molecule has 4 heteroatoms. The van der Waals surface area contributed by atoms with Gasteiger partial charge in [-0.05, 0) is 71.6 Å². The Kier molecular flexibility index (Phi) is 5.53. The van der Waals surface area contributed by atoms with Gasteiger partial charge in [0.1, 0.15) is 17.1 Å². The number of fused-ring (bicyclic) bond motifs is 3. The number of carbonyl (C=O) groups excluding carboxylic acids is 1. The van der Waals surface area contributed by atoms with Crippen LogP contribution in [0.15, 0.2) is 23.8 Å². The molecular weight excluding hydrogens is 352 g/mol. The molecule has 28 heavy (non-hydrogen) atoms. The number of hydrogen-bond donors (Lipinski definition) is 1. The van der Waals surface area contributed by atoms with Crippen molar-refractivity contribution in [2.75, 3.05) is 6.61 Å². The average molecular weight is 387 g/mol. The molecule has 2 aliphatic rings. The smallest absolute Gasteiger partial charge is 0.315 e. The highest BCUT2D eigenvalue weighted by molar-refractivity contribution is 5.82. The van der Waals surface area contributed by atoms with Gasteiger partial charge in [-0.25, -0.2) is 0 Å². The predicted octanol–water partition coefficient (Wildman–Crippen LogP) is 5.62. The van der Waals surface area contributed by atoms with Crippen LogP contribution in [0.1, 0.15) is 84.3 Å². The molecule has 0 radical (unpaired) electrons. The predicted molar refractivity (Wildman–Crippen MR) is 111 cm³/mol. The number of benzene rings is 1. The van der Waals surface area contributed by atoms with Crippen molar-refractivity contribution in [2.24, 2.45) is 5.92 Å². The molecule has 1 N–H and O–H groups in total. The highest BCUT2D eigenvalue weighted by Crippen LogP contribution is 2.54. The van der Waals surface area contributed by atoms with Gasteiger partial charge in [0, 0.05) is 17.4 Å². The second kappa shape index (κ2) is 7.46. The fraction of sp³-hybridized carbons (Fsp3) is 0.625. The first kappa shape index (κ1) is 20.8. The molecule has 0 saturated heterocycles. The Labute approximate surface area is 168 Å². The third-order valence-corrected chi connectivity index (χ3v) is 6.47. The van der Waals surface area contributed by atoms with Crippen LogP contribution in [0.3, 0.4) is 0 Å². The van der Waals surface area contributed by atoms with Crippen molar-refractivity contribution in [1.82, 2.24) is 0 Å². The van der Waals surface area contributed by atoms with Gasteiger partial charge < -0.3 is 14.6 Å². The summed E-state index contributed by atoms with van der Waals surface area (Å²) in [5, 5.41) is 10.9. The number of phenolic OH excluding ortho intramolecular Hbond substituents is 1.